The Morgan fingerprint density at radius 1 is 1.70 bits per heavy atom. The van der Waals surface area contributed by atoms with E-state index in [1.165, 1.54) is 0 Å². The van der Waals surface area contributed by atoms with Crippen molar-refractivity contribution in [3.05, 3.63) is 0 Å². The van der Waals surface area contributed by atoms with Crippen LogP contribution in [0.2, 0.25) is 0 Å². The van der Waals surface area contributed by atoms with E-state index < -0.39 is 0 Å². The van der Waals surface area contributed by atoms with E-state index in [4.69, 9.17) is 15.8 Å². The summed E-state index contributed by atoms with van der Waals surface area (Å²) in [5.74, 6) is 0.917. The van der Waals surface area contributed by atoms with E-state index in [0.29, 0.717) is 0 Å². The zero-order chi connectivity index (χ0) is 7.82. The number of nitrogens with zero attached hydrogens (tertiary/aromatic N) is 2. The third-order valence-electron chi connectivity index (χ3n) is 0.951. The fraction of sp³-hybridized carbons (Fsp3) is 0.800. The summed E-state index contributed by atoms with van der Waals surface area (Å²) in [6.07, 6.45) is 0.944. The molecule has 0 aromatic rings. The van der Waals surface area contributed by atoms with Gasteiger partial charge in [-0.3, -0.25) is 4.99 Å². The summed E-state index contributed by atoms with van der Waals surface area (Å²) in [6.45, 7) is 3.70. The fourth-order valence-electron chi connectivity index (χ4n) is 0.593. The van der Waals surface area contributed by atoms with Crippen LogP contribution in [0.15, 0.2) is 4.99 Å². The molecule has 56 valence electrons. The number of hydrogen-bond donors (Lipinski definition) is 2. The van der Waals surface area contributed by atoms with Gasteiger partial charge in [0.15, 0.2) is 5.90 Å². The zero-order valence-corrected chi connectivity index (χ0v) is 5.92. The van der Waals surface area contributed by atoms with Crippen LogP contribution in [-0.4, -0.2) is 19.0 Å². The highest BCUT2D eigenvalue weighted by Crippen LogP contribution is 1.95. The third kappa shape index (κ3) is 3.74. The summed E-state index contributed by atoms with van der Waals surface area (Å²) < 4.78 is 5.05. The van der Waals surface area contributed by atoms with Crippen molar-refractivity contribution in [1.82, 2.24) is 4.91 Å². The average molecular weight is 143 g/mol. The second-order valence-corrected chi connectivity index (χ2v) is 1.59. The first-order valence-electron chi connectivity index (χ1n) is 3.04. The fourth-order valence-corrected chi connectivity index (χ4v) is 0.593. The van der Waals surface area contributed by atoms with E-state index in [9.17, 15) is 0 Å². The zero-order valence-electron chi connectivity index (χ0n) is 5.92. The minimum absolute atomic E-state index is 0.795. The molecule has 5 nitrogen and oxygen atoms in total. The van der Waals surface area contributed by atoms with Crippen LogP contribution in [0.4, 0.5) is 0 Å². The van der Waals surface area contributed by atoms with Gasteiger partial charge in [0.2, 0.25) is 4.91 Å². The van der Waals surface area contributed by atoms with Crippen LogP contribution >= 0.6 is 0 Å². The van der Waals surface area contributed by atoms with E-state index in [1.54, 1.807) is 0 Å². The van der Waals surface area contributed by atoms with Crippen molar-refractivity contribution in [2.45, 2.75) is 13.3 Å². The lowest BCUT2D eigenvalue weighted by atomic mass is 10.5. The Morgan fingerprint density at radius 2 is 2.30 bits per heavy atom. The molecule has 0 aromatic carbocycles. The Balaban J connectivity index is 0.000000236. The van der Waals surface area contributed by atoms with Gasteiger partial charge in [-0.05, 0) is 0 Å². The molecule has 0 aliphatic carbocycles. The lowest BCUT2D eigenvalue weighted by Crippen LogP contribution is -1.94. The maximum absolute atomic E-state index is 5.50. The van der Waals surface area contributed by atoms with Gasteiger partial charge >= 0.3 is 0 Å². The molecule has 0 saturated heterocycles. The Hall–Kier alpha value is -1.22. The van der Waals surface area contributed by atoms with Gasteiger partial charge < -0.3 is 4.74 Å². The van der Waals surface area contributed by atoms with Gasteiger partial charge in [-0.1, -0.05) is 6.92 Å². The Kier molecular flexibility index (Phi) is 5.19. The van der Waals surface area contributed by atoms with Crippen molar-refractivity contribution in [3.63, 3.8) is 0 Å². The second kappa shape index (κ2) is 5.91. The van der Waals surface area contributed by atoms with Gasteiger partial charge in [0, 0.05) is 6.42 Å². The van der Waals surface area contributed by atoms with Crippen LogP contribution in [0.1, 0.15) is 13.3 Å². The second-order valence-electron chi connectivity index (χ2n) is 1.59. The molecular weight excluding hydrogens is 132 g/mol. The number of aliphatic imine (C=N–C) groups is 1. The Labute approximate surface area is 59.1 Å². The number of hydrogen-bond acceptors (Lipinski definition) is 4. The molecule has 2 N–H and O–H groups in total. The lowest BCUT2D eigenvalue weighted by Gasteiger charge is -1.91. The van der Waals surface area contributed by atoms with Gasteiger partial charge in [-0.25, -0.2) is 0 Å². The maximum atomic E-state index is 5.50. The normalized spacial score (nSPS) is 13.9. The van der Waals surface area contributed by atoms with Crippen molar-refractivity contribution in [2.75, 3.05) is 13.2 Å². The van der Waals surface area contributed by atoms with Crippen LogP contribution in [-0.2, 0) is 4.74 Å². The van der Waals surface area contributed by atoms with Gasteiger partial charge in [-0.2, -0.15) is 0 Å². The minimum atomic E-state index is 0.795. The topological polar surface area (TPSA) is 83.4 Å². The van der Waals surface area contributed by atoms with E-state index >= 15 is 0 Å². The monoisotopic (exact) mass is 143 g/mol. The molecule has 0 unspecified atom stereocenters. The smallest absolute Gasteiger partial charge is 0.211 e. The van der Waals surface area contributed by atoms with Crippen LogP contribution in [0.5, 0.6) is 0 Å². The molecule has 0 bridgehead atoms. The first-order valence-corrected chi connectivity index (χ1v) is 3.04. The van der Waals surface area contributed by atoms with Crippen LogP contribution in [0.3, 0.4) is 0 Å². The predicted molar refractivity (Wildman–Crippen MR) is 36.1 cm³/mol. The number of rotatable bonds is 1. The summed E-state index contributed by atoms with van der Waals surface area (Å²) >= 11 is 0. The average Bonchev–Trinajstić information content (AvgIpc) is 2.39. The van der Waals surface area contributed by atoms with E-state index in [2.05, 4.69) is 4.99 Å². The lowest BCUT2D eigenvalue weighted by molar-refractivity contribution is 0.340. The molecule has 0 radical (unpaired) electrons. The number of ether oxygens (including phenoxy) is 1. The molecule has 10 heavy (non-hydrogen) atoms. The molecule has 1 aliphatic rings. The van der Waals surface area contributed by atoms with E-state index in [0.717, 1.165) is 25.5 Å². The quantitative estimate of drug-likeness (QED) is 0.415. The van der Waals surface area contributed by atoms with E-state index in [-0.39, 0.29) is 0 Å². The molecule has 0 amide bonds. The summed E-state index contributed by atoms with van der Waals surface area (Å²) in [4.78, 5) is 6.05. The molecule has 0 fully saturated rings. The predicted octanol–water partition coefficient (Wildman–Crippen LogP) is 0.941. The highest BCUT2D eigenvalue weighted by Gasteiger charge is 2.01. The standard InChI is InChI=1S/C5H9NO.H2N3/c1-2-5-6-3-4-7-5;1-3-2/h2-4H2,1H3;1-2H/q;+1. The van der Waals surface area contributed by atoms with Crippen LogP contribution in [0, 0.1) is 11.1 Å². The molecule has 0 saturated carbocycles. The molecule has 0 aromatic heterocycles. The molecule has 0 spiro atoms. The molecule has 5 heteroatoms. The van der Waals surface area contributed by atoms with Crippen molar-refractivity contribution < 1.29 is 4.74 Å². The molecular formula is C5H11N4O+. The van der Waals surface area contributed by atoms with Gasteiger partial charge in [0.1, 0.15) is 17.7 Å². The molecule has 1 rings (SSSR count). The summed E-state index contributed by atoms with van der Waals surface area (Å²) in [5, 5.41) is 0. The van der Waals surface area contributed by atoms with E-state index in [1.807, 2.05) is 11.8 Å². The third-order valence-corrected chi connectivity index (χ3v) is 0.951. The SMILES string of the molecule is CCC1=NCCO1.N=[N+]=N. The van der Waals surface area contributed by atoms with Gasteiger partial charge in [-0.15, -0.1) is 0 Å². The van der Waals surface area contributed by atoms with Crippen molar-refractivity contribution >= 4 is 5.90 Å². The van der Waals surface area contributed by atoms with Crippen LogP contribution in [0.25, 0.3) is 0 Å². The first-order chi connectivity index (χ1) is 4.85. The highest BCUT2D eigenvalue weighted by atomic mass is 16.5. The molecule has 1 aliphatic heterocycles. The molecule has 0 atom stereocenters. The number of nitrogens with one attached hydrogen (secondary N) is 2. The van der Waals surface area contributed by atoms with Crippen molar-refractivity contribution in [1.29, 1.82) is 11.1 Å². The Bertz CT molecular complexity index is 148. The van der Waals surface area contributed by atoms with Crippen molar-refractivity contribution in [3.8, 4) is 0 Å². The molecule has 1 heterocycles. The summed E-state index contributed by atoms with van der Waals surface area (Å²) in [6, 6.07) is 0. The van der Waals surface area contributed by atoms with Gasteiger partial charge in [0.05, 0.1) is 6.54 Å². The van der Waals surface area contributed by atoms with Crippen LogP contribution < -0.4 is 4.91 Å². The first kappa shape index (κ1) is 8.78. The Morgan fingerprint density at radius 3 is 2.50 bits per heavy atom. The highest BCUT2D eigenvalue weighted by molar-refractivity contribution is 5.76. The largest absolute Gasteiger partial charge is 0.479 e. The maximum Gasteiger partial charge on any atom is 0.211 e. The summed E-state index contributed by atoms with van der Waals surface area (Å²) in [7, 11) is 0. The van der Waals surface area contributed by atoms with Crippen molar-refractivity contribution in [2.24, 2.45) is 4.99 Å². The van der Waals surface area contributed by atoms with Gasteiger partial charge in [0.25, 0.3) is 0 Å². The summed E-state index contributed by atoms with van der Waals surface area (Å²) in [5.41, 5.74) is 11.0. The minimum Gasteiger partial charge on any atom is -0.479 e.